The van der Waals surface area contributed by atoms with Gasteiger partial charge in [0.05, 0.1) is 12.8 Å². The Morgan fingerprint density at radius 1 is 1.19 bits per heavy atom. The van der Waals surface area contributed by atoms with E-state index >= 15 is 0 Å². The molecule has 2 rings (SSSR count). The molecular formula is C16H16ClNO3. The van der Waals surface area contributed by atoms with E-state index in [1.165, 1.54) is 0 Å². The molecule has 5 heteroatoms. The number of hydrogen-bond acceptors (Lipinski definition) is 4. The zero-order chi connectivity index (χ0) is 15.2. The van der Waals surface area contributed by atoms with Crippen molar-refractivity contribution in [2.75, 3.05) is 7.11 Å². The number of oxime groups is 1. The summed E-state index contributed by atoms with van der Waals surface area (Å²) in [6.45, 7) is 2.06. The molecule has 0 saturated carbocycles. The minimum Gasteiger partial charge on any atom is -0.493 e. The first-order valence-electron chi connectivity index (χ1n) is 6.39. The molecule has 0 bridgehead atoms. The number of ether oxygens (including phenoxy) is 2. The molecule has 0 aliphatic rings. The highest BCUT2D eigenvalue weighted by Crippen LogP contribution is 2.29. The molecule has 0 spiro atoms. The molecule has 2 aromatic rings. The smallest absolute Gasteiger partial charge is 0.161 e. The molecule has 0 saturated heterocycles. The number of rotatable bonds is 5. The molecule has 0 aliphatic carbocycles. The Kier molecular flexibility index (Phi) is 5.06. The van der Waals surface area contributed by atoms with Gasteiger partial charge < -0.3 is 14.7 Å². The van der Waals surface area contributed by atoms with Gasteiger partial charge in [-0.1, -0.05) is 35.0 Å². The fourth-order valence-electron chi connectivity index (χ4n) is 1.84. The molecule has 2 aromatic carbocycles. The summed E-state index contributed by atoms with van der Waals surface area (Å²) in [5.41, 5.74) is 2.17. The maximum atomic E-state index is 8.80. The van der Waals surface area contributed by atoms with Crippen LogP contribution in [-0.4, -0.2) is 18.0 Å². The van der Waals surface area contributed by atoms with Crippen LogP contribution in [0, 0.1) is 0 Å². The van der Waals surface area contributed by atoms with Gasteiger partial charge in [-0.25, -0.2) is 0 Å². The molecule has 21 heavy (non-hydrogen) atoms. The molecule has 1 N–H and O–H groups in total. The van der Waals surface area contributed by atoms with Gasteiger partial charge in [-0.2, -0.15) is 0 Å². The van der Waals surface area contributed by atoms with Crippen LogP contribution in [-0.2, 0) is 6.61 Å². The summed E-state index contributed by atoms with van der Waals surface area (Å²) in [6.07, 6.45) is 0. The fraction of sp³-hybridized carbons (Fsp3) is 0.188. The van der Waals surface area contributed by atoms with Crippen molar-refractivity contribution in [3.8, 4) is 11.5 Å². The molecule has 0 radical (unpaired) electrons. The molecule has 0 heterocycles. The fourth-order valence-corrected chi connectivity index (χ4v) is 2.03. The molecule has 0 aromatic heterocycles. The molecule has 0 unspecified atom stereocenters. The van der Waals surface area contributed by atoms with E-state index in [9.17, 15) is 0 Å². The predicted octanol–water partition coefficient (Wildman–Crippen LogP) is 4.13. The first kappa shape index (κ1) is 15.2. The summed E-state index contributed by atoms with van der Waals surface area (Å²) in [7, 11) is 1.56. The van der Waals surface area contributed by atoms with Crippen molar-refractivity contribution in [1.29, 1.82) is 0 Å². The van der Waals surface area contributed by atoms with Gasteiger partial charge in [0.2, 0.25) is 0 Å². The Balaban J connectivity index is 2.19. The molecular weight excluding hydrogens is 290 g/mol. The molecule has 0 atom stereocenters. The predicted molar refractivity (Wildman–Crippen MR) is 82.8 cm³/mol. The summed E-state index contributed by atoms with van der Waals surface area (Å²) in [4.78, 5) is 0. The standard InChI is InChI=1S/C16H16ClNO3/c1-11(18-19)12-7-8-15(16(9-12)20-2)21-10-13-5-3-4-6-14(13)17/h3-9,19H,10H2,1-2H3/b18-11+. The van der Waals surface area contributed by atoms with Gasteiger partial charge in [0.1, 0.15) is 6.61 Å². The lowest BCUT2D eigenvalue weighted by atomic mass is 10.1. The second-order valence-electron chi connectivity index (χ2n) is 4.43. The van der Waals surface area contributed by atoms with Crippen LogP contribution in [0.2, 0.25) is 5.02 Å². The van der Waals surface area contributed by atoms with Crippen LogP contribution in [0.15, 0.2) is 47.6 Å². The summed E-state index contributed by atoms with van der Waals surface area (Å²) < 4.78 is 11.1. The van der Waals surface area contributed by atoms with E-state index in [1.54, 1.807) is 32.2 Å². The second kappa shape index (κ2) is 6.99. The highest BCUT2D eigenvalue weighted by atomic mass is 35.5. The third kappa shape index (κ3) is 3.67. The van der Waals surface area contributed by atoms with E-state index in [4.69, 9.17) is 26.3 Å². The summed E-state index contributed by atoms with van der Waals surface area (Å²) in [5, 5.41) is 12.6. The van der Waals surface area contributed by atoms with Crippen molar-refractivity contribution in [3.63, 3.8) is 0 Å². The average molecular weight is 306 g/mol. The quantitative estimate of drug-likeness (QED) is 0.513. The highest BCUT2D eigenvalue weighted by Gasteiger charge is 2.09. The first-order valence-corrected chi connectivity index (χ1v) is 6.76. The van der Waals surface area contributed by atoms with Crippen LogP contribution >= 0.6 is 11.6 Å². The van der Waals surface area contributed by atoms with Crippen LogP contribution in [0.3, 0.4) is 0 Å². The minimum absolute atomic E-state index is 0.350. The van der Waals surface area contributed by atoms with Gasteiger partial charge >= 0.3 is 0 Å². The van der Waals surface area contributed by atoms with Crippen molar-refractivity contribution in [3.05, 3.63) is 58.6 Å². The summed E-state index contributed by atoms with van der Waals surface area (Å²) in [5.74, 6) is 1.18. The topological polar surface area (TPSA) is 51.0 Å². The Labute approximate surface area is 128 Å². The van der Waals surface area contributed by atoms with Gasteiger partial charge in [0, 0.05) is 16.1 Å². The zero-order valence-electron chi connectivity index (χ0n) is 11.8. The Hall–Kier alpha value is -2.20. The average Bonchev–Trinajstić information content (AvgIpc) is 2.53. The molecule has 110 valence electrons. The van der Waals surface area contributed by atoms with Gasteiger partial charge in [0.25, 0.3) is 0 Å². The number of benzene rings is 2. The van der Waals surface area contributed by atoms with E-state index in [2.05, 4.69) is 5.16 Å². The van der Waals surface area contributed by atoms with Crippen molar-refractivity contribution in [2.24, 2.45) is 5.16 Å². The van der Waals surface area contributed by atoms with E-state index in [-0.39, 0.29) is 0 Å². The highest BCUT2D eigenvalue weighted by molar-refractivity contribution is 6.31. The maximum Gasteiger partial charge on any atom is 0.161 e. The molecule has 0 amide bonds. The zero-order valence-corrected chi connectivity index (χ0v) is 12.6. The van der Waals surface area contributed by atoms with Crippen molar-refractivity contribution >= 4 is 17.3 Å². The van der Waals surface area contributed by atoms with Crippen molar-refractivity contribution in [2.45, 2.75) is 13.5 Å². The van der Waals surface area contributed by atoms with E-state index in [0.29, 0.717) is 28.8 Å². The Morgan fingerprint density at radius 3 is 2.62 bits per heavy atom. The second-order valence-corrected chi connectivity index (χ2v) is 4.84. The molecule has 4 nitrogen and oxygen atoms in total. The van der Waals surface area contributed by atoms with Crippen molar-refractivity contribution < 1.29 is 14.7 Å². The summed E-state index contributed by atoms with van der Waals surface area (Å²) in [6, 6.07) is 12.9. The van der Waals surface area contributed by atoms with Crippen LogP contribution in [0.25, 0.3) is 0 Å². The largest absolute Gasteiger partial charge is 0.493 e. The third-order valence-electron chi connectivity index (χ3n) is 3.07. The Bertz CT molecular complexity index is 656. The third-order valence-corrected chi connectivity index (χ3v) is 3.44. The summed E-state index contributed by atoms with van der Waals surface area (Å²) >= 11 is 6.09. The van der Waals surface area contributed by atoms with E-state index in [0.717, 1.165) is 11.1 Å². The first-order chi connectivity index (χ1) is 10.2. The van der Waals surface area contributed by atoms with E-state index < -0.39 is 0 Å². The minimum atomic E-state index is 0.350. The van der Waals surface area contributed by atoms with Crippen LogP contribution in [0.5, 0.6) is 11.5 Å². The Morgan fingerprint density at radius 2 is 1.95 bits per heavy atom. The van der Waals surface area contributed by atoms with Crippen LogP contribution in [0.4, 0.5) is 0 Å². The lowest BCUT2D eigenvalue weighted by Crippen LogP contribution is -2.00. The number of halogens is 1. The molecule has 0 fully saturated rings. The lowest BCUT2D eigenvalue weighted by molar-refractivity contribution is 0.284. The number of methoxy groups -OCH3 is 1. The SMILES string of the molecule is COc1cc(/C(C)=N/O)ccc1OCc1ccccc1Cl. The van der Waals surface area contributed by atoms with Gasteiger partial charge in [-0.3, -0.25) is 0 Å². The molecule has 0 aliphatic heterocycles. The normalized spacial score (nSPS) is 11.3. The number of nitrogens with zero attached hydrogens (tertiary/aromatic N) is 1. The van der Waals surface area contributed by atoms with Crippen molar-refractivity contribution in [1.82, 2.24) is 0 Å². The lowest BCUT2D eigenvalue weighted by Gasteiger charge is -2.12. The monoisotopic (exact) mass is 305 g/mol. The number of hydrogen-bond donors (Lipinski definition) is 1. The van der Waals surface area contributed by atoms with Gasteiger partial charge in [-0.05, 0) is 31.2 Å². The van der Waals surface area contributed by atoms with Crippen LogP contribution in [0.1, 0.15) is 18.1 Å². The van der Waals surface area contributed by atoms with Gasteiger partial charge in [0.15, 0.2) is 11.5 Å². The van der Waals surface area contributed by atoms with Gasteiger partial charge in [-0.15, -0.1) is 0 Å². The van der Waals surface area contributed by atoms with E-state index in [1.807, 2.05) is 24.3 Å². The van der Waals surface area contributed by atoms with Crippen LogP contribution < -0.4 is 9.47 Å². The maximum absolute atomic E-state index is 8.80.